The number of carbonyl (C=O) groups is 2. The zero-order valence-corrected chi connectivity index (χ0v) is 19.6. The van der Waals surface area contributed by atoms with E-state index in [9.17, 15) is 18.0 Å². The van der Waals surface area contributed by atoms with Crippen LogP contribution in [0.3, 0.4) is 0 Å². The van der Waals surface area contributed by atoms with Gasteiger partial charge >= 0.3 is 16.1 Å². The summed E-state index contributed by atoms with van der Waals surface area (Å²) in [4.78, 5) is 26.9. The van der Waals surface area contributed by atoms with Crippen LogP contribution >= 0.6 is 0 Å². The van der Waals surface area contributed by atoms with E-state index in [1.165, 1.54) is 18.2 Å². The van der Waals surface area contributed by atoms with Crippen LogP contribution in [0.5, 0.6) is 5.75 Å². The highest BCUT2D eigenvalue weighted by Gasteiger charge is 2.27. The van der Waals surface area contributed by atoms with Gasteiger partial charge in [0.25, 0.3) is 5.91 Å². The Morgan fingerprint density at radius 2 is 1.69 bits per heavy atom. The van der Waals surface area contributed by atoms with E-state index in [4.69, 9.17) is 8.92 Å². The Morgan fingerprint density at radius 3 is 2.38 bits per heavy atom. The molecule has 172 valence electrons. The van der Waals surface area contributed by atoms with E-state index in [0.29, 0.717) is 30.5 Å². The highest BCUT2D eigenvalue weighted by Crippen LogP contribution is 2.26. The van der Waals surface area contributed by atoms with E-state index in [2.05, 4.69) is 13.8 Å². The maximum atomic E-state index is 12.8. The maximum Gasteiger partial charge on any atom is 0.342 e. The van der Waals surface area contributed by atoms with Crippen molar-refractivity contribution in [3.63, 3.8) is 0 Å². The Morgan fingerprint density at radius 1 is 1.03 bits per heavy atom. The van der Waals surface area contributed by atoms with Gasteiger partial charge in [-0.15, -0.1) is 0 Å². The molecule has 0 radical (unpaired) electrons. The number of likely N-dealkylation sites (tertiary alicyclic amines) is 1. The fourth-order valence-electron chi connectivity index (χ4n) is 4.01. The number of nitrogens with zero attached hydrogens (tertiary/aromatic N) is 1. The van der Waals surface area contributed by atoms with E-state index in [0.717, 1.165) is 12.0 Å². The van der Waals surface area contributed by atoms with Crippen molar-refractivity contribution >= 4 is 22.0 Å². The molecule has 1 aliphatic heterocycles. The normalized spacial score (nSPS) is 18.8. The molecule has 32 heavy (non-hydrogen) atoms. The van der Waals surface area contributed by atoms with Crippen LogP contribution in [0.1, 0.15) is 41.8 Å². The van der Waals surface area contributed by atoms with Crippen molar-refractivity contribution in [2.24, 2.45) is 11.8 Å². The van der Waals surface area contributed by atoms with Gasteiger partial charge in [0.1, 0.15) is 10.5 Å². The number of ether oxygens (including phenoxy) is 1. The Kier molecular flexibility index (Phi) is 7.23. The number of esters is 1. The molecule has 1 amide bonds. The number of para-hydroxylation sites is 1. The molecular weight excluding hydrogens is 430 g/mol. The van der Waals surface area contributed by atoms with Gasteiger partial charge in [-0.1, -0.05) is 38.1 Å². The lowest BCUT2D eigenvalue weighted by molar-refractivity contribution is -0.137. The van der Waals surface area contributed by atoms with E-state index >= 15 is 0 Å². The number of hydrogen-bond acceptors (Lipinski definition) is 6. The average molecular weight is 460 g/mol. The van der Waals surface area contributed by atoms with Gasteiger partial charge in [0.15, 0.2) is 12.4 Å². The predicted octanol–water partition coefficient (Wildman–Crippen LogP) is 3.73. The third-order valence-electron chi connectivity index (χ3n) is 5.47. The lowest BCUT2D eigenvalue weighted by atomic mass is 9.92. The van der Waals surface area contributed by atoms with Crippen LogP contribution in [0, 0.1) is 25.7 Å². The minimum absolute atomic E-state index is 0.0317. The molecule has 2 aromatic rings. The van der Waals surface area contributed by atoms with Gasteiger partial charge in [-0.25, -0.2) is 4.79 Å². The summed E-state index contributed by atoms with van der Waals surface area (Å²) >= 11 is 0. The first-order valence-corrected chi connectivity index (χ1v) is 12.0. The number of hydrogen-bond donors (Lipinski definition) is 0. The van der Waals surface area contributed by atoms with Gasteiger partial charge in [-0.2, -0.15) is 8.42 Å². The molecule has 0 N–H and O–H groups in total. The SMILES string of the molecule is Cc1ccc(C)c(S(=O)(=O)Oc2ccccc2C(=O)OCC(=O)N2C[C@@H](C)C[C@H](C)C2)c1. The highest BCUT2D eigenvalue weighted by atomic mass is 32.2. The second kappa shape index (κ2) is 9.73. The Balaban J connectivity index is 1.72. The van der Waals surface area contributed by atoms with Crippen LogP contribution in [0.4, 0.5) is 0 Å². The molecule has 0 unspecified atom stereocenters. The molecule has 8 heteroatoms. The van der Waals surface area contributed by atoms with Gasteiger partial charge in [-0.05, 0) is 61.4 Å². The number of rotatable bonds is 6. The van der Waals surface area contributed by atoms with Gasteiger partial charge in [0.2, 0.25) is 0 Å². The molecular formula is C24H29NO6S. The Labute approximate surface area is 189 Å². The highest BCUT2D eigenvalue weighted by molar-refractivity contribution is 7.87. The zero-order chi connectivity index (χ0) is 23.5. The molecule has 0 saturated carbocycles. The summed E-state index contributed by atoms with van der Waals surface area (Å²) in [5.74, 6) is -0.446. The zero-order valence-electron chi connectivity index (χ0n) is 18.8. The largest absolute Gasteiger partial charge is 0.452 e. The second-order valence-corrected chi connectivity index (χ2v) is 10.1. The minimum Gasteiger partial charge on any atom is -0.452 e. The summed E-state index contributed by atoms with van der Waals surface area (Å²) in [6.45, 7) is 8.49. The van der Waals surface area contributed by atoms with Crippen LogP contribution in [-0.2, 0) is 19.6 Å². The van der Waals surface area contributed by atoms with Crippen molar-refractivity contribution in [3.8, 4) is 5.75 Å². The average Bonchev–Trinajstić information content (AvgIpc) is 2.72. The number of aryl methyl sites for hydroxylation is 2. The fourth-order valence-corrected chi connectivity index (χ4v) is 5.27. The van der Waals surface area contributed by atoms with Crippen LogP contribution in [0.15, 0.2) is 47.4 Å². The number of piperidine rings is 1. The lowest BCUT2D eigenvalue weighted by Gasteiger charge is -2.34. The molecule has 1 fully saturated rings. The third kappa shape index (κ3) is 5.68. The van der Waals surface area contributed by atoms with Crippen LogP contribution < -0.4 is 4.18 Å². The third-order valence-corrected chi connectivity index (χ3v) is 6.85. The van der Waals surface area contributed by atoms with Crippen molar-refractivity contribution in [2.75, 3.05) is 19.7 Å². The lowest BCUT2D eigenvalue weighted by Crippen LogP contribution is -2.44. The van der Waals surface area contributed by atoms with E-state index in [1.807, 2.05) is 0 Å². The van der Waals surface area contributed by atoms with E-state index in [1.54, 1.807) is 43.0 Å². The van der Waals surface area contributed by atoms with Crippen LogP contribution in [0.2, 0.25) is 0 Å². The summed E-state index contributed by atoms with van der Waals surface area (Å²) in [5.41, 5.74) is 1.24. The predicted molar refractivity (Wildman–Crippen MR) is 120 cm³/mol. The van der Waals surface area contributed by atoms with Gasteiger partial charge in [0, 0.05) is 13.1 Å². The van der Waals surface area contributed by atoms with Crippen LogP contribution in [-0.4, -0.2) is 44.9 Å². The number of benzene rings is 2. The molecule has 2 aromatic carbocycles. The summed E-state index contributed by atoms with van der Waals surface area (Å²) < 4.78 is 36.2. The Bertz CT molecular complexity index is 1100. The molecule has 0 aromatic heterocycles. The smallest absolute Gasteiger partial charge is 0.342 e. The maximum absolute atomic E-state index is 12.8. The summed E-state index contributed by atoms with van der Waals surface area (Å²) in [6, 6.07) is 10.9. The first-order valence-electron chi connectivity index (χ1n) is 10.6. The Hall–Kier alpha value is -2.87. The molecule has 0 spiro atoms. The van der Waals surface area contributed by atoms with Gasteiger partial charge in [-0.3, -0.25) is 4.79 Å². The first kappa shape index (κ1) is 23.8. The van der Waals surface area contributed by atoms with E-state index in [-0.39, 0.29) is 22.1 Å². The monoisotopic (exact) mass is 459 g/mol. The molecule has 7 nitrogen and oxygen atoms in total. The second-order valence-electron chi connectivity index (χ2n) is 8.62. The molecule has 3 rings (SSSR count). The minimum atomic E-state index is -4.17. The van der Waals surface area contributed by atoms with Crippen LogP contribution in [0.25, 0.3) is 0 Å². The first-order chi connectivity index (χ1) is 15.1. The topological polar surface area (TPSA) is 90.0 Å². The van der Waals surface area contributed by atoms with Gasteiger partial charge in [0.05, 0.1) is 0 Å². The van der Waals surface area contributed by atoms with Crippen molar-refractivity contribution in [1.29, 1.82) is 0 Å². The molecule has 1 heterocycles. The van der Waals surface area contributed by atoms with Crippen molar-refractivity contribution in [1.82, 2.24) is 4.90 Å². The summed E-state index contributed by atoms with van der Waals surface area (Å²) in [6.07, 6.45) is 1.06. The molecule has 1 aliphatic rings. The number of carbonyl (C=O) groups excluding carboxylic acids is 2. The van der Waals surface area contributed by atoms with Crippen molar-refractivity contribution < 1.29 is 26.9 Å². The van der Waals surface area contributed by atoms with Crippen molar-refractivity contribution in [2.45, 2.75) is 39.0 Å². The quantitative estimate of drug-likeness (QED) is 0.483. The molecule has 1 saturated heterocycles. The summed E-state index contributed by atoms with van der Waals surface area (Å²) in [5, 5.41) is 0. The van der Waals surface area contributed by atoms with E-state index < -0.39 is 22.7 Å². The summed E-state index contributed by atoms with van der Waals surface area (Å²) in [7, 11) is -4.17. The fraction of sp³-hybridized carbons (Fsp3) is 0.417. The molecule has 2 atom stereocenters. The standard InChI is InChI=1S/C24H29NO6S/c1-16-9-10-19(4)22(12-16)32(28,29)31-21-8-6-5-7-20(21)24(27)30-15-23(26)25-13-17(2)11-18(3)14-25/h5-10,12,17-18H,11,13-15H2,1-4H3/t17-,18-/m0/s1. The van der Waals surface area contributed by atoms with Gasteiger partial charge < -0.3 is 13.8 Å². The number of amides is 1. The molecule has 0 bridgehead atoms. The molecule has 0 aliphatic carbocycles. The van der Waals surface area contributed by atoms with Crippen molar-refractivity contribution in [3.05, 3.63) is 59.2 Å².